The molecule has 0 saturated carbocycles. The van der Waals surface area contributed by atoms with Gasteiger partial charge in [0.2, 0.25) is 0 Å². The second-order valence-electron chi connectivity index (χ2n) is 4.83. The van der Waals surface area contributed by atoms with Gasteiger partial charge < -0.3 is 10.1 Å². The van der Waals surface area contributed by atoms with Crippen LogP contribution in [-0.2, 0) is 13.6 Å². The van der Waals surface area contributed by atoms with Crippen molar-refractivity contribution in [2.45, 2.75) is 26.5 Å². The number of aryl methyl sites for hydroxylation is 1. The van der Waals surface area contributed by atoms with Crippen LogP contribution in [0.5, 0.6) is 5.75 Å². The van der Waals surface area contributed by atoms with Gasteiger partial charge >= 0.3 is 0 Å². The van der Waals surface area contributed by atoms with Crippen LogP contribution in [0.3, 0.4) is 0 Å². The van der Waals surface area contributed by atoms with Crippen LogP contribution in [0.25, 0.3) is 0 Å². The Morgan fingerprint density at radius 3 is 2.55 bits per heavy atom. The van der Waals surface area contributed by atoms with E-state index in [2.05, 4.69) is 10.4 Å². The number of benzene rings is 1. The van der Waals surface area contributed by atoms with Crippen molar-refractivity contribution >= 4 is 5.91 Å². The summed E-state index contributed by atoms with van der Waals surface area (Å²) >= 11 is 0. The molecule has 0 saturated heterocycles. The number of nitrogens with zero attached hydrogens (tertiary/aromatic N) is 2. The van der Waals surface area contributed by atoms with Crippen LogP contribution in [0.1, 0.15) is 29.9 Å². The van der Waals surface area contributed by atoms with E-state index in [-0.39, 0.29) is 12.0 Å². The molecule has 0 radical (unpaired) electrons. The predicted molar refractivity (Wildman–Crippen MR) is 76.6 cm³/mol. The Hall–Kier alpha value is -2.30. The molecule has 0 aliphatic rings. The fourth-order valence-corrected chi connectivity index (χ4v) is 1.83. The summed E-state index contributed by atoms with van der Waals surface area (Å²) < 4.78 is 7.12. The molecule has 1 aromatic heterocycles. The van der Waals surface area contributed by atoms with Gasteiger partial charge in [-0.3, -0.25) is 9.48 Å². The molecule has 5 nitrogen and oxygen atoms in total. The molecule has 2 rings (SSSR count). The molecule has 20 heavy (non-hydrogen) atoms. The molecule has 0 aliphatic heterocycles. The SMILES string of the molecule is CC(C)Oc1ccc(CNC(=O)c2ccnn2C)cc1. The second kappa shape index (κ2) is 6.23. The Morgan fingerprint density at radius 2 is 2.00 bits per heavy atom. The van der Waals surface area contributed by atoms with Gasteiger partial charge in [0.25, 0.3) is 5.91 Å². The normalized spacial score (nSPS) is 10.6. The highest BCUT2D eigenvalue weighted by Gasteiger charge is 2.09. The first-order valence-electron chi connectivity index (χ1n) is 6.58. The Morgan fingerprint density at radius 1 is 1.30 bits per heavy atom. The molecule has 1 aromatic carbocycles. The number of hydrogen-bond acceptors (Lipinski definition) is 3. The molecule has 0 unspecified atom stereocenters. The molecule has 5 heteroatoms. The Kier molecular flexibility index (Phi) is 4.40. The summed E-state index contributed by atoms with van der Waals surface area (Å²) in [5.74, 6) is 0.703. The first-order chi connectivity index (χ1) is 9.56. The molecular formula is C15H19N3O2. The van der Waals surface area contributed by atoms with Crippen molar-refractivity contribution in [1.29, 1.82) is 0 Å². The van der Waals surface area contributed by atoms with Crippen molar-refractivity contribution in [3.8, 4) is 5.75 Å². The largest absolute Gasteiger partial charge is 0.491 e. The fourth-order valence-electron chi connectivity index (χ4n) is 1.83. The standard InChI is InChI=1S/C15H19N3O2/c1-11(2)20-13-6-4-12(5-7-13)10-16-15(19)14-8-9-17-18(14)3/h4-9,11H,10H2,1-3H3,(H,16,19). The van der Waals surface area contributed by atoms with Gasteiger partial charge in [0.1, 0.15) is 11.4 Å². The van der Waals surface area contributed by atoms with Gasteiger partial charge in [0, 0.05) is 19.8 Å². The van der Waals surface area contributed by atoms with Crippen molar-refractivity contribution in [3.63, 3.8) is 0 Å². The monoisotopic (exact) mass is 273 g/mol. The first-order valence-corrected chi connectivity index (χ1v) is 6.58. The third kappa shape index (κ3) is 3.60. The summed E-state index contributed by atoms with van der Waals surface area (Å²) in [5.41, 5.74) is 1.57. The van der Waals surface area contributed by atoms with E-state index in [0.29, 0.717) is 12.2 Å². The molecule has 0 aliphatic carbocycles. The van der Waals surface area contributed by atoms with E-state index < -0.39 is 0 Å². The lowest BCUT2D eigenvalue weighted by Crippen LogP contribution is -2.25. The predicted octanol–water partition coefficient (Wildman–Crippen LogP) is 2.14. The van der Waals surface area contributed by atoms with Crippen LogP contribution in [0.4, 0.5) is 0 Å². The summed E-state index contributed by atoms with van der Waals surface area (Å²) in [6, 6.07) is 9.40. The molecule has 1 N–H and O–H groups in total. The highest BCUT2D eigenvalue weighted by Crippen LogP contribution is 2.13. The topological polar surface area (TPSA) is 56.1 Å². The number of carbonyl (C=O) groups excluding carboxylic acids is 1. The van der Waals surface area contributed by atoms with Crippen molar-refractivity contribution < 1.29 is 9.53 Å². The molecule has 0 spiro atoms. The number of carbonyl (C=O) groups is 1. The van der Waals surface area contributed by atoms with E-state index in [1.165, 1.54) is 0 Å². The number of aromatic nitrogens is 2. The molecule has 0 atom stereocenters. The van der Waals surface area contributed by atoms with Gasteiger partial charge in [0.15, 0.2) is 0 Å². The van der Waals surface area contributed by atoms with Crippen LogP contribution in [0, 0.1) is 0 Å². The van der Waals surface area contributed by atoms with E-state index in [0.717, 1.165) is 11.3 Å². The third-order valence-electron chi connectivity index (χ3n) is 2.80. The number of hydrogen-bond donors (Lipinski definition) is 1. The van der Waals surface area contributed by atoms with Gasteiger partial charge in [-0.2, -0.15) is 5.10 Å². The zero-order valence-corrected chi connectivity index (χ0v) is 12.0. The smallest absolute Gasteiger partial charge is 0.269 e. The molecule has 0 bridgehead atoms. The zero-order chi connectivity index (χ0) is 14.5. The molecule has 0 fully saturated rings. The van der Waals surface area contributed by atoms with Crippen LogP contribution >= 0.6 is 0 Å². The van der Waals surface area contributed by atoms with Crippen molar-refractivity contribution in [3.05, 3.63) is 47.8 Å². The van der Waals surface area contributed by atoms with E-state index in [1.807, 2.05) is 38.1 Å². The minimum atomic E-state index is -0.132. The Balaban J connectivity index is 1.91. The van der Waals surface area contributed by atoms with E-state index in [9.17, 15) is 4.79 Å². The maximum atomic E-state index is 11.9. The van der Waals surface area contributed by atoms with Gasteiger partial charge in [-0.25, -0.2) is 0 Å². The van der Waals surface area contributed by atoms with Gasteiger partial charge in [-0.05, 0) is 37.6 Å². The summed E-state index contributed by atoms with van der Waals surface area (Å²) in [6.07, 6.45) is 1.76. The van der Waals surface area contributed by atoms with Crippen LogP contribution < -0.4 is 10.1 Å². The lowest BCUT2D eigenvalue weighted by atomic mass is 10.2. The van der Waals surface area contributed by atoms with Crippen LogP contribution in [0.2, 0.25) is 0 Å². The minimum Gasteiger partial charge on any atom is -0.491 e. The Bertz CT molecular complexity index is 573. The molecule has 1 amide bonds. The molecule has 1 heterocycles. The van der Waals surface area contributed by atoms with E-state index in [1.54, 1.807) is 24.0 Å². The lowest BCUT2D eigenvalue weighted by Gasteiger charge is -2.10. The first kappa shape index (κ1) is 14.1. The maximum absolute atomic E-state index is 11.9. The number of amides is 1. The van der Waals surface area contributed by atoms with E-state index >= 15 is 0 Å². The van der Waals surface area contributed by atoms with Gasteiger partial charge in [-0.15, -0.1) is 0 Å². The Labute approximate surface area is 118 Å². The van der Waals surface area contributed by atoms with Crippen molar-refractivity contribution in [2.75, 3.05) is 0 Å². The van der Waals surface area contributed by atoms with Gasteiger partial charge in [-0.1, -0.05) is 12.1 Å². The third-order valence-corrected chi connectivity index (χ3v) is 2.80. The van der Waals surface area contributed by atoms with Crippen LogP contribution in [0.15, 0.2) is 36.5 Å². The minimum absolute atomic E-state index is 0.132. The number of rotatable bonds is 5. The highest BCUT2D eigenvalue weighted by atomic mass is 16.5. The lowest BCUT2D eigenvalue weighted by molar-refractivity contribution is 0.0941. The second-order valence-corrected chi connectivity index (χ2v) is 4.83. The fraction of sp³-hybridized carbons (Fsp3) is 0.333. The average Bonchev–Trinajstić information content (AvgIpc) is 2.83. The summed E-state index contributed by atoms with van der Waals surface area (Å²) in [6.45, 7) is 4.45. The number of ether oxygens (including phenoxy) is 1. The average molecular weight is 273 g/mol. The van der Waals surface area contributed by atoms with Crippen LogP contribution in [-0.4, -0.2) is 21.8 Å². The van der Waals surface area contributed by atoms with Gasteiger partial charge in [0.05, 0.1) is 6.10 Å². The molecule has 2 aromatic rings. The summed E-state index contributed by atoms with van der Waals surface area (Å²) in [7, 11) is 1.74. The zero-order valence-electron chi connectivity index (χ0n) is 12.0. The molecular weight excluding hydrogens is 254 g/mol. The highest BCUT2D eigenvalue weighted by molar-refractivity contribution is 5.92. The van der Waals surface area contributed by atoms with E-state index in [4.69, 9.17) is 4.74 Å². The quantitative estimate of drug-likeness (QED) is 0.908. The number of nitrogens with one attached hydrogen (secondary N) is 1. The summed E-state index contributed by atoms with van der Waals surface area (Å²) in [5, 5.41) is 6.83. The van der Waals surface area contributed by atoms with Crippen molar-refractivity contribution in [1.82, 2.24) is 15.1 Å². The van der Waals surface area contributed by atoms with Crippen molar-refractivity contribution in [2.24, 2.45) is 7.05 Å². The summed E-state index contributed by atoms with van der Waals surface area (Å²) in [4.78, 5) is 11.9. The maximum Gasteiger partial charge on any atom is 0.269 e. The molecule has 106 valence electrons.